The average Bonchev–Trinajstić information content (AvgIpc) is 3.20. The van der Waals surface area contributed by atoms with Crippen molar-refractivity contribution < 1.29 is 23.1 Å². The number of carbonyl (C=O) groups excluding carboxylic acids is 1. The van der Waals surface area contributed by atoms with Crippen molar-refractivity contribution in [1.82, 2.24) is 5.32 Å². The van der Waals surface area contributed by atoms with Crippen molar-refractivity contribution in [3.05, 3.63) is 35.9 Å². The van der Waals surface area contributed by atoms with Gasteiger partial charge in [0.25, 0.3) is 0 Å². The molecule has 1 fully saturated rings. The molecule has 0 heterocycles. The van der Waals surface area contributed by atoms with Gasteiger partial charge in [-0.3, -0.25) is 9.59 Å². The van der Waals surface area contributed by atoms with Crippen molar-refractivity contribution >= 4 is 21.7 Å². The molecule has 1 saturated carbocycles. The summed E-state index contributed by atoms with van der Waals surface area (Å²) in [5, 5.41) is 11.8. The van der Waals surface area contributed by atoms with Crippen molar-refractivity contribution in [3.8, 4) is 0 Å². The van der Waals surface area contributed by atoms with E-state index in [4.69, 9.17) is 5.11 Å². The second kappa shape index (κ2) is 7.34. The topological polar surface area (TPSA) is 101 Å². The Morgan fingerprint density at radius 2 is 1.88 bits per heavy atom. The van der Waals surface area contributed by atoms with E-state index in [-0.39, 0.29) is 30.5 Å². The number of amides is 1. The molecule has 0 bridgehead atoms. The van der Waals surface area contributed by atoms with Crippen LogP contribution in [0.4, 0.5) is 0 Å². The van der Waals surface area contributed by atoms with Crippen LogP contribution >= 0.6 is 0 Å². The number of sulfone groups is 1. The third kappa shape index (κ3) is 5.96. The molecule has 1 amide bonds. The normalized spacial score (nSPS) is 17.0. The minimum Gasteiger partial charge on any atom is -0.481 e. The molecule has 0 saturated heterocycles. The number of benzene rings is 1. The van der Waals surface area contributed by atoms with Gasteiger partial charge in [0.05, 0.1) is 11.8 Å². The fourth-order valence-electron chi connectivity index (χ4n) is 2.97. The third-order valence-corrected chi connectivity index (χ3v) is 5.38. The van der Waals surface area contributed by atoms with Crippen molar-refractivity contribution in [2.45, 2.75) is 38.1 Å². The highest BCUT2D eigenvalue weighted by Gasteiger charge is 2.46. The molecule has 1 aliphatic rings. The first kappa shape index (κ1) is 18.4. The summed E-state index contributed by atoms with van der Waals surface area (Å²) in [6.45, 7) is 0. The Balaban J connectivity index is 2.01. The first-order valence-corrected chi connectivity index (χ1v) is 9.99. The Hall–Kier alpha value is -1.89. The summed E-state index contributed by atoms with van der Waals surface area (Å²) in [6.07, 6.45) is 3.07. The second-order valence-electron chi connectivity index (χ2n) is 6.71. The zero-order chi connectivity index (χ0) is 17.8. The maximum absolute atomic E-state index is 12.4. The van der Waals surface area contributed by atoms with Crippen molar-refractivity contribution in [3.63, 3.8) is 0 Å². The molecule has 1 aromatic rings. The molecule has 1 aliphatic carbocycles. The number of nitrogens with one attached hydrogen (secondary N) is 1. The highest BCUT2D eigenvalue weighted by Crippen LogP contribution is 2.49. The first-order valence-electron chi connectivity index (χ1n) is 7.93. The summed E-state index contributed by atoms with van der Waals surface area (Å²) in [5.74, 6) is -1.12. The highest BCUT2D eigenvalue weighted by atomic mass is 32.2. The first-order chi connectivity index (χ1) is 11.2. The molecule has 1 unspecified atom stereocenters. The van der Waals surface area contributed by atoms with Crippen LogP contribution in [0.3, 0.4) is 0 Å². The predicted molar refractivity (Wildman–Crippen MR) is 90.2 cm³/mol. The van der Waals surface area contributed by atoms with Gasteiger partial charge < -0.3 is 10.4 Å². The van der Waals surface area contributed by atoms with E-state index >= 15 is 0 Å². The van der Waals surface area contributed by atoms with Crippen molar-refractivity contribution in [2.24, 2.45) is 5.41 Å². The highest BCUT2D eigenvalue weighted by molar-refractivity contribution is 7.90. The number of hydrogen-bond acceptors (Lipinski definition) is 4. The van der Waals surface area contributed by atoms with Gasteiger partial charge in [-0.05, 0) is 30.2 Å². The van der Waals surface area contributed by atoms with Crippen LogP contribution in [-0.4, -0.2) is 37.4 Å². The van der Waals surface area contributed by atoms with Gasteiger partial charge in [0, 0.05) is 19.1 Å². The molecule has 0 aliphatic heterocycles. The van der Waals surface area contributed by atoms with E-state index in [0.717, 1.165) is 18.4 Å². The lowest BCUT2D eigenvalue weighted by molar-refractivity contribution is -0.137. The smallest absolute Gasteiger partial charge is 0.303 e. The molecule has 0 spiro atoms. The number of carbonyl (C=O) groups is 2. The molecule has 0 radical (unpaired) electrons. The van der Waals surface area contributed by atoms with Crippen molar-refractivity contribution in [2.75, 3.05) is 12.0 Å². The summed E-state index contributed by atoms with van der Waals surface area (Å²) in [6, 6.07) is 8.82. The summed E-state index contributed by atoms with van der Waals surface area (Å²) in [5.41, 5.74) is 0.408. The molecule has 6 nitrogen and oxygen atoms in total. The van der Waals surface area contributed by atoms with Crippen LogP contribution in [-0.2, 0) is 19.4 Å². The van der Waals surface area contributed by atoms with E-state index in [9.17, 15) is 18.0 Å². The lowest BCUT2D eigenvalue weighted by atomic mass is 10.00. The van der Waals surface area contributed by atoms with E-state index in [1.807, 2.05) is 30.3 Å². The van der Waals surface area contributed by atoms with Gasteiger partial charge in [-0.15, -0.1) is 0 Å². The molecular formula is C17H23NO5S. The Bertz CT molecular complexity index is 695. The number of aliphatic carboxylic acids is 1. The van der Waals surface area contributed by atoms with Gasteiger partial charge in [-0.25, -0.2) is 8.42 Å². The molecular weight excluding hydrogens is 330 g/mol. The van der Waals surface area contributed by atoms with Crippen LogP contribution in [0.25, 0.3) is 0 Å². The van der Waals surface area contributed by atoms with Crippen LogP contribution in [0.2, 0.25) is 0 Å². The lowest BCUT2D eigenvalue weighted by Gasteiger charge is -2.21. The van der Waals surface area contributed by atoms with Gasteiger partial charge in [-0.2, -0.15) is 0 Å². The van der Waals surface area contributed by atoms with E-state index in [0.29, 0.717) is 6.42 Å². The Morgan fingerprint density at radius 1 is 1.25 bits per heavy atom. The fourth-order valence-corrected chi connectivity index (χ4v) is 4.47. The Labute approximate surface area is 142 Å². The zero-order valence-corrected chi connectivity index (χ0v) is 14.5. The zero-order valence-electron chi connectivity index (χ0n) is 13.7. The SMILES string of the molecule is CS(=O)(=O)CC1(CC(=O)NC(CCC(=O)O)c2ccccc2)CC1. The summed E-state index contributed by atoms with van der Waals surface area (Å²) < 4.78 is 23.0. The molecule has 24 heavy (non-hydrogen) atoms. The van der Waals surface area contributed by atoms with Crippen LogP contribution in [0.5, 0.6) is 0 Å². The second-order valence-corrected chi connectivity index (χ2v) is 8.85. The summed E-state index contributed by atoms with van der Waals surface area (Å²) >= 11 is 0. The minimum absolute atomic E-state index is 0.0263. The van der Waals surface area contributed by atoms with Gasteiger partial charge in [0.15, 0.2) is 0 Å². The molecule has 7 heteroatoms. The van der Waals surface area contributed by atoms with Gasteiger partial charge in [-0.1, -0.05) is 30.3 Å². The fraction of sp³-hybridized carbons (Fsp3) is 0.529. The molecule has 2 N–H and O–H groups in total. The number of hydrogen-bond donors (Lipinski definition) is 2. The van der Waals surface area contributed by atoms with E-state index in [2.05, 4.69) is 5.32 Å². The Morgan fingerprint density at radius 3 is 2.38 bits per heavy atom. The van der Waals surface area contributed by atoms with Crippen molar-refractivity contribution in [1.29, 1.82) is 0 Å². The lowest BCUT2D eigenvalue weighted by Crippen LogP contribution is -2.32. The van der Waals surface area contributed by atoms with Crippen LogP contribution < -0.4 is 5.32 Å². The number of carboxylic acids is 1. The number of carboxylic acid groups (broad SMARTS) is 1. The number of rotatable bonds is 9. The third-order valence-electron chi connectivity index (χ3n) is 4.25. The van der Waals surface area contributed by atoms with Crippen LogP contribution in [0.15, 0.2) is 30.3 Å². The molecule has 132 valence electrons. The summed E-state index contributed by atoms with van der Waals surface area (Å²) in [7, 11) is -3.12. The standard InChI is InChI=1S/C17H23NO5S/c1-24(22,23)12-17(9-10-17)11-15(19)18-14(7-8-16(20)21)13-5-3-2-4-6-13/h2-6,14H,7-12H2,1H3,(H,18,19)(H,20,21). The average molecular weight is 353 g/mol. The van der Waals surface area contributed by atoms with Gasteiger partial charge >= 0.3 is 5.97 Å². The van der Waals surface area contributed by atoms with Gasteiger partial charge in [0.2, 0.25) is 5.91 Å². The monoisotopic (exact) mass is 353 g/mol. The van der Waals surface area contributed by atoms with Crippen LogP contribution in [0.1, 0.15) is 43.7 Å². The predicted octanol–water partition coefficient (Wildman–Crippen LogP) is 1.92. The molecule has 2 rings (SSSR count). The minimum atomic E-state index is -3.12. The van der Waals surface area contributed by atoms with Crippen LogP contribution in [0, 0.1) is 5.41 Å². The maximum atomic E-state index is 12.4. The maximum Gasteiger partial charge on any atom is 0.303 e. The van der Waals surface area contributed by atoms with E-state index in [1.165, 1.54) is 6.26 Å². The molecule has 1 aromatic carbocycles. The quantitative estimate of drug-likeness (QED) is 0.706. The molecule has 0 aromatic heterocycles. The van der Waals surface area contributed by atoms with E-state index in [1.54, 1.807) is 0 Å². The van der Waals surface area contributed by atoms with E-state index < -0.39 is 21.2 Å². The largest absolute Gasteiger partial charge is 0.481 e. The summed E-state index contributed by atoms with van der Waals surface area (Å²) in [4.78, 5) is 23.2. The Kier molecular flexibility index (Phi) is 5.64. The molecule has 1 atom stereocenters. The van der Waals surface area contributed by atoms with Gasteiger partial charge in [0.1, 0.15) is 9.84 Å².